The van der Waals surface area contributed by atoms with Crippen molar-refractivity contribution < 1.29 is 0 Å². The molecule has 0 spiro atoms. The number of hydrogen-bond donors (Lipinski definition) is 1. The standard InChI is InChI=1S/C15H24BrN/c1-4-7-12(3)15(11-17-5-2)13-8-6-9-14(16)10-13/h6,8-10,12,15,17H,4-5,7,11H2,1-3H3. The molecule has 1 nitrogen and oxygen atoms in total. The van der Waals surface area contributed by atoms with E-state index in [1.165, 1.54) is 22.9 Å². The third kappa shape index (κ3) is 4.81. The van der Waals surface area contributed by atoms with Crippen LogP contribution in [0.1, 0.15) is 45.1 Å². The Morgan fingerprint density at radius 3 is 2.65 bits per heavy atom. The van der Waals surface area contributed by atoms with Crippen LogP contribution < -0.4 is 5.32 Å². The minimum absolute atomic E-state index is 0.618. The molecule has 17 heavy (non-hydrogen) atoms. The van der Waals surface area contributed by atoms with E-state index in [4.69, 9.17) is 0 Å². The summed E-state index contributed by atoms with van der Waals surface area (Å²) in [7, 11) is 0. The zero-order valence-electron chi connectivity index (χ0n) is 11.2. The molecule has 0 aliphatic rings. The first kappa shape index (κ1) is 14.7. The van der Waals surface area contributed by atoms with Gasteiger partial charge in [0.2, 0.25) is 0 Å². The number of hydrogen-bond acceptors (Lipinski definition) is 1. The highest BCUT2D eigenvalue weighted by Crippen LogP contribution is 2.29. The lowest BCUT2D eigenvalue weighted by Gasteiger charge is -2.24. The zero-order chi connectivity index (χ0) is 12.7. The summed E-state index contributed by atoms with van der Waals surface area (Å²) in [4.78, 5) is 0. The first-order chi connectivity index (χ1) is 8.19. The lowest BCUT2D eigenvalue weighted by molar-refractivity contribution is 0.406. The van der Waals surface area contributed by atoms with Crippen molar-refractivity contribution in [3.63, 3.8) is 0 Å². The van der Waals surface area contributed by atoms with Crippen LogP contribution in [-0.4, -0.2) is 13.1 Å². The summed E-state index contributed by atoms with van der Waals surface area (Å²) < 4.78 is 1.18. The fourth-order valence-electron chi connectivity index (χ4n) is 2.34. The molecule has 2 heteroatoms. The van der Waals surface area contributed by atoms with Crippen LogP contribution >= 0.6 is 15.9 Å². The summed E-state index contributed by atoms with van der Waals surface area (Å²) in [5, 5.41) is 3.49. The zero-order valence-corrected chi connectivity index (χ0v) is 12.8. The summed E-state index contributed by atoms with van der Waals surface area (Å²) in [6, 6.07) is 8.74. The van der Waals surface area contributed by atoms with Crippen molar-refractivity contribution in [2.45, 2.75) is 39.5 Å². The average molecular weight is 298 g/mol. The molecule has 0 bridgehead atoms. The lowest BCUT2D eigenvalue weighted by atomic mass is 9.84. The van der Waals surface area contributed by atoms with Gasteiger partial charge in [-0.15, -0.1) is 0 Å². The minimum atomic E-state index is 0.618. The Bertz CT molecular complexity index is 324. The van der Waals surface area contributed by atoms with Gasteiger partial charge in [0.15, 0.2) is 0 Å². The highest BCUT2D eigenvalue weighted by atomic mass is 79.9. The third-order valence-corrected chi connectivity index (χ3v) is 3.82. The van der Waals surface area contributed by atoms with Gasteiger partial charge >= 0.3 is 0 Å². The molecule has 1 N–H and O–H groups in total. The second-order valence-corrected chi connectivity index (χ2v) is 5.65. The molecule has 0 aliphatic heterocycles. The van der Waals surface area contributed by atoms with Crippen molar-refractivity contribution in [3.05, 3.63) is 34.3 Å². The SMILES string of the molecule is CCCC(C)C(CNCC)c1cccc(Br)c1. The van der Waals surface area contributed by atoms with Crippen LogP contribution in [0.4, 0.5) is 0 Å². The van der Waals surface area contributed by atoms with E-state index in [1.54, 1.807) is 0 Å². The Morgan fingerprint density at radius 2 is 2.06 bits per heavy atom. The summed E-state index contributed by atoms with van der Waals surface area (Å²) in [6.45, 7) is 8.92. The smallest absolute Gasteiger partial charge is 0.0178 e. The van der Waals surface area contributed by atoms with Gasteiger partial charge in [-0.2, -0.15) is 0 Å². The number of halogens is 1. The highest BCUT2D eigenvalue weighted by molar-refractivity contribution is 9.10. The second-order valence-electron chi connectivity index (χ2n) is 4.74. The maximum absolute atomic E-state index is 3.57. The molecular weight excluding hydrogens is 274 g/mol. The number of benzene rings is 1. The van der Waals surface area contributed by atoms with Crippen molar-refractivity contribution in [3.8, 4) is 0 Å². The molecule has 0 fully saturated rings. The molecule has 1 aromatic rings. The van der Waals surface area contributed by atoms with Crippen molar-refractivity contribution in [2.75, 3.05) is 13.1 Å². The molecule has 0 radical (unpaired) electrons. The molecule has 2 unspecified atom stereocenters. The summed E-state index contributed by atoms with van der Waals surface area (Å²) in [6.07, 6.45) is 2.56. The van der Waals surface area contributed by atoms with Gasteiger partial charge in [0.25, 0.3) is 0 Å². The quantitative estimate of drug-likeness (QED) is 0.777. The number of rotatable bonds is 7. The topological polar surface area (TPSA) is 12.0 Å². The molecule has 96 valence electrons. The van der Waals surface area contributed by atoms with Crippen LogP contribution in [0.5, 0.6) is 0 Å². The van der Waals surface area contributed by atoms with Gasteiger partial charge in [-0.3, -0.25) is 0 Å². The van der Waals surface area contributed by atoms with E-state index >= 15 is 0 Å². The first-order valence-electron chi connectivity index (χ1n) is 6.65. The van der Waals surface area contributed by atoms with Gasteiger partial charge in [0.1, 0.15) is 0 Å². The fourth-order valence-corrected chi connectivity index (χ4v) is 2.76. The van der Waals surface area contributed by atoms with Crippen molar-refractivity contribution >= 4 is 15.9 Å². The molecular formula is C15H24BrN. The van der Waals surface area contributed by atoms with E-state index in [-0.39, 0.29) is 0 Å². The Morgan fingerprint density at radius 1 is 1.29 bits per heavy atom. The number of likely N-dealkylation sites (N-methyl/N-ethyl adjacent to an activating group) is 1. The van der Waals surface area contributed by atoms with Gasteiger partial charge in [-0.25, -0.2) is 0 Å². The maximum atomic E-state index is 3.57. The van der Waals surface area contributed by atoms with E-state index < -0.39 is 0 Å². The van der Waals surface area contributed by atoms with Crippen LogP contribution in [0.3, 0.4) is 0 Å². The van der Waals surface area contributed by atoms with E-state index in [0.717, 1.165) is 19.0 Å². The molecule has 2 atom stereocenters. The fraction of sp³-hybridized carbons (Fsp3) is 0.600. The molecule has 0 saturated carbocycles. The van der Waals surface area contributed by atoms with Gasteiger partial charge in [-0.05, 0) is 36.1 Å². The number of nitrogens with one attached hydrogen (secondary N) is 1. The molecule has 0 aromatic heterocycles. The van der Waals surface area contributed by atoms with Crippen LogP contribution in [0, 0.1) is 5.92 Å². The monoisotopic (exact) mass is 297 g/mol. The Balaban J connectivity index is 2.81. The summed E-state index contributed by atoms with van der Waals surface area (Å²) >= 11 is 3.57. The minimum Gasteiger partial charge on any atom is -0.316 e. The molecule has 1 rings (SSSR count). The van der Waals surface area contributed by atoms with Gasteiger partial charge < -0.3 is 5.32 Å². The van der Waals surface area contributed by atoms with E-state index in [0.29, 0.717) is 5.92 Å². The molecule has 0 saturated heterocycles. The Kier molecular flexibility index (Phi) is 6.83. The van der Waals surface area contributed by atoms with Crippen molar-refractivity contribution in [1.82, 2.24) is 5.32 Å². The Labute approximate surface area is 114 Å². The third-order valence-electron chi connectivity index (χ3n) is 3.32. The predicted molar refractivity (Wildman–Crippen MR) is 79.5 cm³/mol. The van der Waals surface area contributed by atoms with Crippen LogP contribution in [0.25, 0.3) is 0 Å². The van der Waals surface area contributed by atoms with E-state index in [2.05, 4.69) is 66.3 Å². The molecule has 0 aliphatic carbocycles. The second kappa shape index (κ2) is 7.88. The summed E-state index contributed by atoms with van der Waals surface area (Å²) in [5.41, 5.74) is 1.45. The van der Waals surface area contributed by atoms with Crippen molar-refractivity contribution in [2.24, 2.45) is 5.92 Å². The van der Waals surface area contributed by atoms with Gasteiger partial charge in [-0.1, -0.05) is 61.7 Å². The largest absolute Gasteiger partial charge is 0.316 e. The van der Waals surface area contributed by atoms with Crippen LogP contribution in [0.2, 0.25) is 0 Å². The van der Waals surface area contributed by atoms with Gasteiger partial charge in [0.05, 0.1) is 0 Å². The van der Waals surface area contributed by atoms with Gasteiger partial charge in [0, 0.05) is 11.0 Å². The predicted octanol–water partition coefficient (Wildman–Crippen LogP) is 4.58. The van der Waals surface area contributed by atoms with E-state index in [1.807, 2.05) is 0 Å². The molecule has 0 amide bonds. The Hall–Kier alpha value is -0.340. The molecule has 0 heterocycles. The normalized spacial score (nSPS) is 14.6. The lowest BCUT2D eigenvalue weighted by Crippen LogP contribution is -2.25. The molecule has 1 aromatic carbocycles. The first-order valence-corrected chi connectivity index (χ1v) is 7.44. The summed E-state index contributed by atoms with van der Waals surface area (Å²) in [5.74, 6) is 1.35. The van der Waals surface area contributed by atoms with Crippen molar-refractivity contribution in [1.29, 1.82) is 0 Å². The highest BCUT2D eigenvalue weighted by Gasteiger charge is 2.18. The maximum Gasteiger partial charge on any atom is 0.0178 e. The van der Waals surface area contributed by atoms with Crippen LogP contribution in [0.15, 0.2) is 28.7 Å². The average Bonchev–Trinajstić information content (AvgIpc) is 2.30. The van der Waals surface area contributed by atoms with Crippen LogP contribution in [-0.2, 0) is 0 Å². The van der Waals surface area contributed by atoms with E-state index in [9.17, 15) is 0 Å².